The molecule has 0 radical (unpaired) electrons. The highest BCUT2D eigenvalue weighted by Gasteiger charge is 2.50. The molecule has 1 N–H and O–H groups in total. The molecule has 2 saturated heterocycles. The number of hydrogen-bond donors (Lipinski definition) is 1. The number of anilines is 1. The van der Waals surface area contributed by atoms with E-state index in [1.54, 1.807) is 27.1 Å². The van der Waals surface area contributed by atoms with Crippen LogP contribution in [0.2, 0.25) is 25.7 Å². The molecule has 0 unspecified atom stereocenters. The van der Waals surface area contributed by atoms with Crippen molar-refractivity contribution in [1.29, 1.82) is 0 Å². The molecule has 2 aromatic rings. The minimum Gasteiger partial charge on any atom is -0.443 e. The lowest BCUT2D eigenvalue weighted by atomic mass is 9.75. The Morgan fingerprint density at radius 2 is 1.97 bits per heavy atom. The summed E-state index contributed by atoms with van der Waals surface area (Å²) in [6, 6.07) is 3.14. The minimum absolute atomic E-state index is 0.177. The standard InChI is InChI=1S/C25H42N6O5SSi/c1-24(2,3)36-23(32)28-37(33,34)31-14-19-8-10-29(15-25(19,4)16-31)21-20-9-11-30(22(20)27-17-26-21)18-35-12-13-38(5,6)7/h9,11,17,19H,8,10,12-16,18H2,1-7H3,(H,28,32)/t19-,25+/m1/s1. The molecule has 2 aliphatic heterocycles. The molecule has 0 bridgehead atoms. The molecule has 13 heteroatoms. The molecule has 212 valence electrons. The van der Waals surface area contributed by atoms with Crippen LogP contribution < -0.4 is 9.62 Å². The summed E-state index contributed by atoms with van der Waals surface area (Å²) in [6.07, 6.45) is 3.43. The van der Waals surface area contributed by atoms with Gasteiger partial charge in [0.15, 0.2) is 0 Å². The number of aromatic nitrogens is 3. The third-order valence-corrected chi connectivity index (χ3v) is 10.3. The first-order valence-corrected chi connectivity index (χ1v) is 18.3. The van der Waals surface area contributed by atoms with Gasteiger partial charge in [0.25, 0.3) is 0 Å². The zero-order valence-corrected chi connectivity index (χ0v) is 25.5. The maximum Gasteiger partial charge on any atom is 0.422 e. The first kappa shape index (κ1) is 28.8. The van der Waals surface area contributed by atoms with Crippen molar-refractivity contribution in [2.75, 3.05) is 37.7 Å². The first-order chi connectivity index (χ1) is 17.6. The first-order valence-electron chi connectivity index (χ1n) is 13.2. The van der Waals surface area contributed by atoms with Gasteiger partial charge in [-0.3, -0.25) is 0 Å². The summed E-state index contributed by atoms with van der Waals surface area (Å²) in [5.41, 5.74) is -0.249. The number of rotatable bonds is 8. The number of nitrogens with one attached hydrogen (secondary N) is 1. The van der Waals surface area contributed by atoms with Crippen molar-refractivity contribution in [3.63, 3.8) is 0 Å². The van der Waals surface area contributed by atoms with Gasteiger partial charge in [0.2, 0.25) is 0 Å². The monoisotopic (exact) mass is 566 g/mol. The number of nitrogens with zero attached hydrogens (tertiary/aromatic N) is 5. The summed E-state index contributed by atoms with van der Waals surface area (Å²) < 4.78 is 42.5. The van der Waals surface area contributed by atoms with Gasteiger partial charge >= 0.3 is 16.3 Å². The van der Waals surface area contributed by atoms with Gasteiger partial charge in [0.1, 0.15) is 30.1 Å². The Morgan fingerprint density at radius 3 is 2.66 bits per heavy atom. The third-order valence-electron chi connectivity index (χ3n) is 7.26. The van der Waals surface area contributed by atoms with E-state index in [0.717, 1.165) is 42.5 Å². The summed E-state index contributed by atoms with van der Waals surface area (Å²) in [7, 11) is -5.16. The van der Waals surface area contributed by atoms with Gasteiger partial charge in [-0.05, 0) is 45.2 Å². The van der Waals surface area contributed by atoms with Crippen LogP contribution in [0.25, 0.3) is 11.0 Å². The molecular weight excluding hydrogens is 524 g/mol. The van der Waals surface area contributed by atoms with Crippen LogP contribution in [0.4, 0.5) is 10.6 Å². The second-order valence-corrected chi connectivity index (χ2v) is 20.3. The molecule has 0 aliphatic carbocycles. The normalized spacial score (nSPS) is 23.0. The number of amides is 1. The van der Waals surface area contributed by atoms with Crippen molar-refractivity contribution in [3.05, 3.63) is 18.6 Å². The van der Waals surface area contributed by atoms with Gasteiger partial charge < -0.3 is 18.9 Å². The second-order valence-electron chi connectivity index (χ2n) is 13.0. The highest BCUT2D eigenvalue weighted by molar-refractivity contribution is 7.87. The quantitative estimate of drug-likeness (QED) is 0.380. The summed E-state index contributed by atoms with van der Waals surface area (Å²) >= 11 is 0. The van der Waals surface area contributed by atoms with Crippen LogP contribution in [0.1, 0.15) is 34.1 Å². The fourth-order valence-electron chi connectivity index (χ4n) is 5.23. The largest absolute Gasteiger partial charge is 0.443 e. The smallest absolute Gasteiger partial charge is 0.422 e. The summed E-state index contributed by atoms with van der Waals surface area (Å²) in [5.74, 6) is 1.03. The lowest BCUT2D eigenvalue weighted by Gasteiger charge is -2.42. The Bertz CT molecular complexity index is 1270. The fourth-order valence-corrected chi connectivity index (χ4v) is 7.21. The van der Waals surface area contributed by atoms with E-state index in [9.17, 15) is 13.2 Å². The molecule has 2 aliphatic rings. The van der Waals surface area contributed by atoms with E-state index in [-0.39, 0.29) is 11.3 Å². The van der Waals surface area contributed by atoms with E-state index in [1.807, 2.05) is 16.8 Å². The van der Waals surface area contributed by atoms with Crippen LogP contribution >= 0.6 is 0 Å². The summed E-state index contributed by atoms with van der Waals surface area (Å²) in [4.78, 5) is 23.5. The number of carbonyl (C=O) groups is 1. The van der Waals surface area contributed by atoms with E-state index in [4.69, 9.17) is 9.47 Å². The third kappa shape index (κ3) is 6.67. The number of carbonyl (C=O) groups excluding carboxylic acids is 1. The highest BCUT2D eigenvalue weighted by atomic mass is 32.2. The van der Waals surface area contributed by atoms with Crippen molar-refractivity contribution < 1.29 is 22.7 Å². The lowest BCUT2D eigenvalue weighted by molar-refractivity contribution is 0.0567. The average molecular weight is 567 g/mol. The number of fused-ring (bicyclic) bond motifs is 2. The Kier molecular flexibility index (Phi) is 7.87. The van der Waals surface area contributed by atoms with Crippen LogP contribution in [-0.2, 0) is 26.4 Å². The Hall–Kier alpha value is -2.22. The SMILES string of the molecule is CC(C)(C)OC(=O)NS(=O)(=O)N1C[C@H]2CCN(c3ncnc4c3ccn4COCC[Si](C)(C)C)C[C@@]2(C)C1. The summed E-state index contributed by atoms with van der Waals surface area (Å²) in [6.45, 7) is 17.5. The molecule has 2 atom stereocenters. The molecule has 0 spiro atoms. The van der Waals surface area contributed by atoms with Gasteiger partial charge in [0, 0.05) is 52.5 Å². The van der Waals surface area contributed by atoms with Gasteiger partial charge in [-0.15, -0.1) is 0 Å². The molecule has 11 nitrogen and oxygen atoms in total. The number of piperidine rings is 1. The fraction of sp³-hybridized carbons (Fsp3) is 0.720. The zero-order chi connectivity index (χ0) is 27.9. The Labute approximate surface area is 227 Å². The van der Waals surface area contributed by atoms with Crippen LogP contribution in [-0.4, -0.2) is 79.8 Å². The average Bonchev–Trinajstić information content (AvgIpc) is 3.34. The molecule has 0 aromatic carbocycles. The van der Waals surface area contributed by atoms with Gasteiger partial charge in [0.05, 0.1) is 5.39 Å². The topological polar surface area (TPSA) is 119 Å². The van der Waals surface area contributed by atoms with Crippen molar-refractivity contribution in [2.45, 2.75) is 72.1 Å². The van der Waals surface area contributed by atoms with Crippen LogP contribution in [0.5, 0.6) is 0 Å². The zero-order valence-electron chi connectivity index (χ0n) is 23.7. The molecule has 2 fully saturated rings. The second kappa shape index (κ2) is 10.4. The Balaban J connectivity index is 1.44. The maximum absolute atomic E-state index is 13.0. The molecular formula is C25H42N6O5SSi. The van der Waals surface area contributed by atoms with Gasteiger partial charge in [-0.1, -0.05) is 26.6 Å². The van der Waals surface area contributed by atoms with Crippen molar-refractivity contribution in [2.24, 2.45) is 11.3 Å². The van der Waals surface area contributed by atoms with E-state index >= 15 is 0 Å². The predicted octanol–water partition coefficient (Wildman–Crippen LogP) is 3.66. The van der Waals surface area contributed by atoms with Crippen LogP contribution in [0, 0.1) is 11.3 Å². The minimum atomic E-state index is -4.01. The highest BCUT2D eigenvalue weighted by Crippen LogP contribution is 2.44. The Morgan fingerprint density at radius 1 is 1.24 bits per heavy atom. The van der Waals surface area contributed by atoms with Crippen molar-refractivity contribution in [3.8, 4) is 0 Å². The molecule has 4 heterocycles. The number of ether oxygens (including phenoxy) is 2. The van der Waals surface area contributed by atoms with Crippen molar-refractivity contribution >= 4 is 41.2 Å². The van der Waals surface area contributed by atoms with Crippen LogP contribution in [0.15, 0.2) is 18.6 Å². The van der Waals surface area contributed by atoms with Crippen LogP contribution in [0.3, 0.4) is 0 Å². The molecule has 38 heavy (non-hydrogen) atoms. The van der Waals surface area contributed by atoms with Gasteiger partial charge in [-0.25, -0.2) is 19.5 Å². The molecule has 1 amide bonds. The van der Waals surface area contributed by atoms with E-state index in [0.29, 0.717) is 26.4 Å². The summed E-state index contributed by atoms with van der Waals surface area (Å²) in [5, 5.41) is 0.956. The number of hydrogen-bond acceptors (Lipinski definition) is 8. The molecule has 0 saturated carbocycles. The molecule has 4 rings (SSSR count). The maximum atomic E-state index is 13.0. The van der Waals surface area contributed by atoms with E-state index < -0.39 is 30.0 Å². The van der Waals surface area contributed by atoms with Crippen molar-refractivity contribution in [1.82, 2.24) is 23.6 Å². The predicted molar refractivity (Wildman–Crippen MR) is 150 cm³/mol. The van der Waals surface area contributed by atoms with Gasteiger partial charge in [-0.2, -0.15) is 12.7 Å². The lowest BCUT2D eigenvalue weighted by Crippen LogP contribution is -2.48. The van der Waals surface area contributed by atoms with E-state index in [2.05, 4.69) is 46.2 Å². The molecule has 2 aromatic heterocycles. The van der Waals surface area contributed by atoms with E-state index in [1.165, 1.54) is 4.31 Å².